The highest BCUT2D eigenvalue weighted by atomic mass is 16.6. The molecule has 0 aliphatic carbocycles. The average Bonchev–Trinajstić information content (AvgIpc) is 3.22. The molecule has 1 aliphatic rings. The predicted octanol–water partition coefficient (Wildman–Crippen LogP) is 1.45. The van der Waals surface area contributed by atoms with Crippen LogP contribution in [0.1, 0.15) is 29.8 Å². The summed E-state index contributed by atoms with van der Waals surface area (Å²) in [6.45, 7) is 3.39. The first kappa shape index (κ1) is 25.2. The van der Waals surface area contributed by atoms with E-state index in [2.05, 4.69) is 0 Å². The van der Waals surface area contributed by atoms with Gasteiger partial charge in [-0.05, 0) is 55.2 Å². The number of hydrogen-bond donors (Lipinski definition) is 4. The molecule has 4 rings (SSSR count). The van der Waals surface area contributed by atoms with E-state index in [4.69, 9.17) is 14.2 Å². The monoisotopic (exact) mass is 485 g/mol. The van der Waals surface area contributed by atoms with E-state index in [1.807, 2.05) is 43.5 Å². The molecule has 5 atom stereocenters. The molecule has 2 aromatic carbocycles. The molecular weight excluding hydrogens is 454 g/mol. The van der Waals surface area contributed by atoms with Crippen LogP contribution in [0.3, 0.4) is 0 Å². The van der Waals surface area contributed by atoms with E-state index < -0.39 is 43.2 Å². The van der Waals surface area contributed by atoms with Crippen LogP contribution in [-0.2, 0) is 20.7 Å². The Morgan fingerprint density at radius 2 is 1.80 bits per heavy atom. The van der Waals surface area contributed by atoms with E-state index in [0.717, 1.165) is 27.6 Å². The van der Waals surface area contributed by atoms with Crippen molar-refractivity contribution in [2.45, 2.75) is 50.9 Å². The lowest BCUT2D eigenvalue weighted by Gasteiger charge is -2.40. The molecule has 1 saturated heterocycles. The van der Waals surface area contributed by atoms with Crippen molar-refractivity contribution in [1.82, 2.24) is 4.57 Å². The summed E-state index contributed by atoms with van der Waals surface area (Å²) in [6, 6.07) is 13.2. The Labute approximate surface area is 203 Å². The lowest BCUT2D eigenvalue weighted by molar-refractivity contribution is -0.250. The van der Waals surface area contributed by atoms with Crippen LogP contribution in [0.2, 0.25) is 0 Å². The first-order chi connectivity index (χ1) is 16.8. The lowest BCUT2D eigenvalue weighted by Crippen LogP contribution is -2.56. The number of aliphatic hydroxyl groups is 4. The van der Waals surface area contributed by atoms with Crippen molar-refractivity contribution in [1.29, 1.82) is 0 Å². The lowest BCUT2D eigenvalue weighted by atomic mass is 9.98. The summed E-state index contributed by atoms with van der Waals surface area (Å²) < 4.78 is 17.9. The van der Waals surface area contributed by atoms with Crippen LogP contribution in [0.15, 0.2) is 48.7 Å². The van der Waals surface area contributed by atoms with Crippen molar-refractivity contribution >= 4 is 16.9 Å². The van der Waals surface area contributed by atoms with Crippen LogP contribution in [0.4, 0.5) is 0 Å². The fourth-order valence-corrected chi connectivity index (χ4v) is 4.51. The zero-order valence-corrected chi connectivity index (χ0v) is 19.7. The first-order valence-electron chi connectivity index (χ1n) is 11.6. The molecule has 188 valence electrons. The number of aliphatic hydroxyl groups excluding tert-OH is 4. The van der Waals surface area contributed by atoms with Crippen molar-refractivity contribution in [2.24, 2.45) is 0 Å². The molecule has 9 nitrogen and oxygen atoms in total. The number of nitrogens with zero attached hydrogens (tertiary/aromatic N) is 1. The van der Waals surface area contributed by atoms with Crippen LogP contribution in [-0.4, -0.2) is 75.2 Å². The van der Waals surface area contributed by atoms with Gasteiger partial charge in [-0.25, -0.2) is 4.79 Å². The Morgan fingerprint density at radius 3 is 2.49 bits per heavy atom. The molecule has 0 saturated carbocycles. The maximum Gasteiger partial charge on any atom is 0.344 e. The van der Waals surface area contributed by atoms with Crippen molar-refractivity contribution in [3.63, 3.8) is 0 Å². The highest BCUT2D eigenvalue weighted by Gasteiger charge is 2.44. The molecule has 3 aromatic rings. The number of carbonyl (C=O) groups is 1. The quantitative estimate of drug-likeness (QED) is 0.353. The Kier molecular flexibility index (Phi) is 7.73. The average molecular weight is 486 g/mol. The van der Waals surface area contributed by atoms with Gasteiger partial charge in [-0.2, -0.15) is 0 Å². The summed E-state index contributed by atoms with van der Waals surface area (Å²) in [7, 11) is 0. The summed E-state index contributed by atoms with van der Waals surface area (Å²) in [5.74, 6) is 0.134. The van der Waals surface area contributed by atoms with E-state index in [1.165, 1.54) is 0 Å². The van der Waals surface area contributed by atoms with Crippen molar-refractivity contribution in [3.8, 4) is 5.75 Å². The SMILES string of the molecule is CCOC(=O)COc1ccc(Cc2cn([C@@H]3O[C@H](CO)[C@@H](O)[C@H](O)[C@H]3O)c3cccc(C)c23)cc1. The molecule has 2 heterocycles. The van der Waals surface area contributed by atoms with Gasteiger partial charge in [0.05, 0.1) is 18.7 Å². The van der Waals surface area contributed by atoms with Gasteiger partial charge in [0.1, 0.15) is 30.2 Å². The maximum absolute atomic E-state index is 11.5. The highest BCUT2D eigenvalue weighted by Crippen LogP contribution is 2.35. The van der Waals surface area contributed by atoms with Gasteiger partial charge in [0.15, 0.2) is 12.8 Å². The number of benzene rings is 2. The minimum absolute atomic E-state index is 0.154. The second kappa shape index (κ2) is 10.8. The molecule has 1 aromatic heterocycles. The number of carbonyl (C=O) groups excluding carboxylic acids is 1. The number of esters is 1. The highest BCUT2D eigenvalue weighted by molar-refractivity contribution is 5.87. The van der Waals surface area contributed by atoms with Gasteiger partial charge in [0, 0.05) is 11.6 Å². The van der Waals surface area contributed by atoms with Gasteiger partial charge in [0.2, 0.25) is 0 Å². The normalized spacial score (nSPS) is 24.5. The summed E-state index contributed by atoms with van der Waals surface area (Å²) in [5.41, 5.74) is 3.83. The third-order valence-corrected chi connectivity index (χ3v) is 6.27. The topological polar surface area (TPSA) is 131 Å². The van der Waals surface area contributed by atoms with E-state index in [9.17, 15) is 25.2 Å². The molecule has 35 heavy (non-hydrogen) atoms. The standard InChI is InChI=1S/C26H31NO8/c1-3-33-21(29)14-34-18-9-7-16(8-10-18)11-17-12-27(19-6-4-5-15(2)22(17)19)26-25(32)24(31)23(30)20(13-28)35-26/h4-10,12,20,23-26,28,30-32H,3,11,13-14H2,1-2H3/t20-,23-,24+,25-,26-/m1/s1. The third kappa shape index (κ3) is 5.19. The maximum atomic E-state index is 11.5. The van der Waals surface area contributed by atoms with Crippen molar-refractivity contribution in [3.05, 3.63) is 65.4 Å². The van der Waals surface area contributed by atoms with Gasteiger partial charge in [0.25, 0.3) is 0 Å². The fourth-order valence-electron chi connectivity index (χ4n) is 4.51. The van der Waals surface area contributed by atoms with Crippen LogP contribution >= 0.6 is 0 Å². The minimum Gasteiger partial charge on any atom is -0.482 e. The van der Waals surface area contributed by atoms with Crippen LogP contribution < -0.4 is 4.74 Å². The second-order valence-corrected chi connectivity index (χ2v) is 8.66. The zero-order chi connectivity index (χ0) is 25.1. The molecule has 0 radical (unpaired) electrons. The molecule has 4 N–H and O–H groups in total. The number of ether oxygens (including phenoxy) is 3. The zero-order valence-electron chi connectivity index (χ0n) is 19.7. The van der Waals surface area contributed by atoms with E-state index in [-0.39, 0.29) is 6.61 Å². The van der Waals surface area contributed by atoms with Gasteiger partial charge < -0.3 is 39.2 Å². The molecule has 9 heteroatoms. The third-order valence-electron chi connectivity index (χ3n) is 6.27. The molecule has 1 fully saturated rings. The number of rotatable bonds is 8. The number of aryl methyl sites for hydroxylation is 1. The number of fused-ring (bicyclic) bond motifs is 1. The summed E-state index contributed by atoms with van der Waals surface area (Å²) in [5, 5.41) is 41.7. The van der Waals surface area contributed by atoms with Gasteiger partial charge >= 0.3 is 5.97 Å². The van der Waals surface area contributed by atoms with E-state index >= 15 is 0 Å². The van der Waals surface area contributed by atoms with Crippen LogP contribution in [0.25, 0.3) is 10.9 Å². The summed E-state index contributed by atoms with van der Waals surface area (Å²) in [6.07, 6.45) is -3.79. The predicted molar refractivity (Wildman–Crippen MR) is 127 cm³/mol. The summed E-state index contributed by atoms with van der Waals surface area (Å²) in [4.78, 5) is 11.5. The van der Waals surface area contributed by atoms with E-state index in [1.54, 1.807) is 23.6 Å². The Bertz CT molecular complexity index is 1160. The molecular formula is C26H31NO8. The Balaban J connectivity index is 1.61. The van der Waals surface area contributed by atoms with Gasteiger partial charge in [-0.1, -0.05) is 24.3 Å². The summed E-state index contributed by atoms with van der Waals surface area (Å²) >= 11 is 0. The van der Waals surface area contributed by atoms with Crippen molar-refractivity contribution < 1.29 is 39.4 Å². The second-order valence-electron chi connectivity index (χ2n) is 8.66. The van der Waals surface area contributed by atoms with E-state index in [0.29, 0.717) is 18.8 Å². The molecule has 0 bridgehead atoms. The molecule has 0 spiro atoms. The number of aromatic nitrogens is 1. The smallest absolute Gasteiger partial charge is 0.344 e. The Hall–Kier alpha value is -2.95. The molecule has 1 aliphatic heterocycles. The fraction of sp³-hybridized carbons (Fsp3) is 0.423. The van der Waals surface area contributed by atoms with Crippen LogP contribution in [0, 0.1) is 6.92 Å². The van der Waals surface area contributed by atoms with Crippen LogP contribution in [0.5, 0.6) is 5.75 Å². The molecule has 0 amide bonds. The molecule has 0 unspecified atom stereocenters. The van der Waals surface area contributed by atoms with Crippen molar-refractivity contribution in [2.75, 3.05) is 19.8 Å². The number of hydrogen-bond acceptors (Lipinski definition) is 8. The Morgan fingerprint density at radius 1 is 1.06 bits per heavy atom. The van der Waals surface area contributed by atoms with Gasteiger partial charge in [-0.3, -0.25) is 0 Å². The minimum atomic E-state index is -1.46. The first-order valence-corrected chi connectivity index (χ1v) is 11.6. The largest absolute Gasteiger partial charge is 0.482 e. The van der Waals surface area contributed by atoms with Gasteiger partial charge in [-0.15, -0.1) is 0 Å².